The first-order valence-corrected chi connectivity index (χ1v) is 6.69. The molecule has 0 saturated carbocycles. The Kier molecular flexibility index (Phi) is 6.78. The number of hydrogen-bond donors (Lipinski definition) is 1. The molecule has 4 heteroatoms. The Hall–Kier alpha value is -1.83. The van der Waals surface area contributed by atoms with Crippen LogP contribution < -0.4 is 5.73 Å². The molecule has 0 bridgehead atoms. The van der Waals surface area contributed by atoms with Gasteiger partial charge in [0.25, 0.3) is 5.91 Å². The molecule has 1 aromatic rings. The van der Waals surface area contributed by atoms with Crippen molar-refractivity contribution in [3.05, 3.63) is 35.4 Å². The molecule has 0 aromatic heterocycles. The fraction of sp³-hybridized carbons (Fsp3) is 0.438. The van der Waals surface area contributed by atoms with Crippen molar-refractivity contribution >= 4 is 5.91 Å². The molecule has 0 saturated heterocycles. The van der Waals surface area contributed by atoms with Crippen LogP contribution in [-0.2, 0) is 4.74 Å². The Labute approximate surface area is 120 Å². The van der Waals surface area contributed by atoms with Crippen molar-refractivity contribution in [2.75, 3.05) is 26.8 Å². The summed E-state index contributed by atoms with van der Waals surface area (Å²) in [7, 11) is 1.63. The van der Waals surface area contributed by atoms with Gasteiger partial charge < -0.3 is 15.4 Å². The zero-order chi connectivity index (χ0) is 15.0. The molecule has 0 atom stereocenters. The Morgan fingerprint density at radius 2 is 2.00 bits per heavy atom. The van der Waals surface area contributed by atoms with Crippen LogP contribution in [0, 0.1) is 11.8 Å². The molecular formula is C16H22N2O2. The van der Waals surface area contributed by atoms with Gasteiger partial charge in [0, 0.05) is 30.8 Å². The lowest BCUT2D eigenvalue weighted by atomic mass is 10.1. The van der Waals surface area contributed by atoms with Crippen molar-refractivity contribution in [3.63, 3.8) is 0 Å². The van der Waals surface area contributed by atoms with E-state index in [2.05, 4.69) is 11.8 Å². The molecule has 0 spiro atoms. The van der Waals surface area contributed by atoms with Crippen LogP contribution in [0.15, 0.2) is 24.3 Å². The summed E-state index contributed by atoms with van der Waals surface area (Å²) in [6, 6.07) is 7.40. The predicted octanol–water partition coefficient (Wildman–Crippen LogP) is 1.49. The maximum absolute atomic E-state index is 12.4. The van der Waals surface area contributed by atoms with E-state index in [1.165, 1.54) is 0 Å². The molecule has 0 aliphatic carbocycles. The van der Waals surface area contributed by atoms with Gasteiger partial charge in [-0.05, 0) is 38.1 Å². The van der Waals surface area contributed by atoms with E-state index in [9.17, 15) is 4.79 Å². The van der Waals surface area contributed by atoms with Crippen molar-refractivity contribution in [2.45, 2.75) is 19.9 Å². The van der Waals surface area contributed by atoms with E-state index >= 15 is 0 Å². The highest BCUT2D eigenvalue weighted by atomic mass is 16.5. The summed E-state index contributed by atoms with van der Waals surface area (Å²) >= 11 is 0. The molecule has 0 radical (unpaired) electrons. The quantitative estimate of drug-likeness (QED) is 0.828. The van der Waals surface area contributed by atoms with Gasteiger partial charge >= 0.3 is 0 Å². The van der Waals surface area contributed by atoms with Crippen molar-refractivity contribution in [2.24, 2.45) is 5.73 Å². The second kappa shape index (κ2) is 8.36. The molecule has 20 heavy (non-hydrogen) atoms. The minimum absolute atomic E-state index is 0.00961. The number of methoxy groups -OCH3 is 1. The standard InChI is InChI=1S/C16H22N2O2/c1-13(2)18(11-12-20-3)16(19)15-8-6-14(7-9-15)5-4-10-17/h6-9,13H,10-12,17H2,1-3H3. The van der Waals surface area contributed by atoms with Crippen LogP contribution in [0.5, 0.6) is 0 Å². The van der Waals surface area contributed by atoms with E-state index in [4.69, 9.17) is 10.5 Å². The van der Waals surface area contributed by atoms with Crippen molar-refractivity contribution in [1.82, 2.24) is 4.90 Å². The van der Waals surface area contributed by atoms with E-state index < -0.39 is 0 Å². The minimum Gasteiger partial charge on any atom is -0.383 e. The average Bonchev–Trinajstić information content (AvgIpc) is 2.45. The van der Waals surface area contributed by atoms with Gasteiger partial charge in [0.2, 0.25) is 0 Å². The van der Waals surface area contributed by atoms with Crippen LogP contribution in [0.25, 0.3) is 0 Å². The number of carbonyl (C=O) groups excluding carboxylic acids is 1. The summed E-state index contributed by atoms with van der Waals surface area (Å²) < 4.78 is 5.05. The highest BCUT2D eigenvalue weighted by Crippen LogP contribution is 2.10. The third-order valence-electron chi connectivity index (χ3n) is 2.89. The third kappa shape index (κ3) is 4.69. The van der Waals surface area contributed by atoms with E-state index in [1.54, 1.807) is 24.1 Å². The number of nitrogens with two attached hydrogens (primary N) is 1. The van der Waals surface area contributed by atoms with Crippen LogP contribution >= 0.6 is 0 Å². The lowest BCUT2D eigenvalue weighted by Gasteiger charge is -2.26. The number of amides is 1. The second-order valence-electron chi connectivity index (χ2n) is 4.67. The zero-order valence-corrected chi connectivity index (χ0v) is 12.3. The number of ether oxygens (including phenoxy) is 1. The smallest absolute Gasteiger partial charge is 0.254 e. The maximum Gasteiger partial charge on any atom is 0.254 e. The summed E-state index contributed by atoms with van der Waals surface area (Å²) in [4.78, 5) is 14.2. The van der Waals surface area contributed by atoms with Crippen LogP contribution in [0.3, 0.4) is 0 Å². The molecular weight excluding hydrogens is 252 g/mol. The number of nitrogens with zero attached hydrogens (tertiary/aromatic N) is 1. The van der Waals surface area contributed by atoms with Gasteiger partial charge in [0.05, 0.1) is 13.2 Å². The van der Waals surface area contributed by atoms with Gasteiger partial charge in [-0.1, -0.05) is 11.8 Å². The monoisotopic (exact) mass is 274 g/mol. The van der Waals surface area contributed by atoms with Crippen LogP contribution in [0.4, 0.5) is 0 Å². The van der Waals surface area contributed by atoms with Gasteiger partial charge in [0.15, 0.2) is 0 Å². The Bertz CT molecular complexity index is 483. The summed E-state index contributed by atoms with van der Waals surface area (Å²) in [5, 5.41) is 0. The van der Waals surface area contributed by atoms with Crippen molar-refractivity contribution in [3.8, 4) is 11.8 Å². The first-order valence-electron chi connectivity index (χ1n) is 6.69. The summed E-state index contributed by atoms with van der Waals surface area (Å²) in [5.74, 6) is 5.73. The Morgan fingerprint density at radius 1 is 1.35 bits per heavy atom. The number of hydrogen-bond acceptors (Lipinski definition) is 3. The largest absolute Gasteiger partial charge is 0.383 e. The molecule has 108 valence electrons. The Morgan fingerprint density at radius 3 is 2.50 bits per heavy atom. The normalized spacial score (nSPS) is 10.1. The highest BCUT2D eigenvalue weighted by molar-refractivity contribution is 5.94. The predicted molar refractivity (Wildman–Crippen MR) is 80.4 cm³/mol. The lowest BCUT2D eigenvalue weighted by molar-refractivity contribution is 0.0635. The van der Waals surface area contributed by atoms with E-state index in [0.29, 0.717) is 25.3 Å². The minimum atomic E-state index is 0.00961. The molecule has 1 rings (SSSR count). The van der Waals surface area contributed by atoms with Gasteiger partial charge in [-0.25, -0.2) is 0 Å². The fourth-order valence-corrected chi connectivity index (χ4v) is 1.80. The molecule has 4 nitrogen and oxygen atoms in total. The lowest BCUT2D eigenvalue weighted by Crippen LogP contribution is -2.39. The maximum atomic E-state index is 12.4. The summed E-state index contributed by atoms with van der Waals surface area (Å²) in [6.45, 7) is 5.44. The number of benzene rings is 1. The Balaban J connectivity index is 2.83. The summed E-state index contributed by atoms with van der Waals surface area (Å²) in [6.07, 6.45) is 0. The zero-order valence-electron chi connectivity index (χ0n) is 12.3. The average molecular weight is 274 g/mol. The number of rotatable bonds is 5. The van der Waals surface area contributed by atoms with Crippen LogP contribution in [-0.4, -0.2) is 43.7 Å². The summed E-state index contributed by atoms with van der Waals surface area (Å²) in [5.41, 5.74) is 6.85. The molecule has 0 aliphatic rings. The molecule has 0 fully saturated rings. The molecule has 0 heterocycles. The molecule has 2 N–H and O–H groups in total. The topological polar surface area (TPSA) is 55.6 Å². The third-order valence-corrected chi connectivity index (χ3v) is 2.89. The van der Waals surface area contributed by atoms with Crippen molar-refractivity contribution in [1.29, 1.82) is 0 Å². The SMILES string of the molecule is COCCN(C(=O)c1ccc(C#CCN)cc1)C(C)C. The van der Waals surface area contributed by atoms with Gasteiger partial charge in [-0.15, -0.1) is 0 Å². The first kappa shape index (κ1) is 16.2. The van der Waals surface area contributed by atoms with Gasteiger partial charge in [-0.3, -0.25) is 4.79 Å². The van der Waals surface area contributed by atoms with E-state index in [0.717, 1.165) is 5.56 Å². The van der Waals surface area contributed by atoms with Gasteiger partial charge in [-0.2, -0.15) is 0 Å². The van der Waals surface area contributed by atoms with E-state index in [1.807, 2.05) is 26.0 Å². The van der Waals surface area contributed by atoms with Crippen molar-refractivity contribution < 1.29 is 9.53 Å². The highest BCUT2D eigenvalue weighted by Gasteiger charge is 2.18. The number of carbonyl (C=O) groups is 1. The molecule has 0 aliphatic heterocycles. The van der Waals surface area contributed by atoms with E-state index in [-0.39, 0.29) is 11.9 Å². The fourth-order valence-electron chi connectivity index (χ4n) is 1.80. The van der Waals surface area contributed by atoms with Gasteiger partial charge in [0.1, 0.15) is 0 Å². The van der Waals surface area contributed by atoms with Crippen LogP contribution in [0.2, 0.25) is 0 Å². The van der Waals surface area contributed by atoms with Crippen LogP contribution in [0.1, 0.15) is 29.8 Å². The first-order chi connectivity index (χ1) is 9.60. The molecule has 0 unspecified atom stereocenters. The second-order valence-corrected chi connectivity index (χ2v) is 4.67. The molecule has 1 amide bonds. The molecule has 1 aromatic carbocycles.